The molecule has 3 aromatic rings. The minimum Gasteiger partial charge on any atom is -0.366 e. The van der Waals surface area contributed by atoms with E-state index in [-0.39, 0.29) is 30.1 Å². The van der Waals surface area contributed by atoms with Gasteiger partial charge in [-0.25, -0.2) is 13.8 Å². The molecule has 0 unspecified atom stereocenters. The third kappa shape index (κ3) is 4.60. The molecular weight excluding hydrogens is 488 g/mol. The average Bonchev–Trinajstić information content (AvgIpc) is 3.24. The van der Waals surface area contributed by atoms with Crippen molar-refractivity contribution in [2.75, 3.05) is 19.0 Å². The second kappa shape index (κ2) is 9.98. The number of fused-ring (bicyclic) bond motifs is 1. The van der Waals surface area contributed by atoms with Crippen LogP contribution in [0.15, 0.2) is 59.7 Å². The number of rotatable bonds is 5. The van der Waals surface area contributed by atoms with Gasteiger partial charge < -0.3 is 14.9 Å². The summed E-state index contributed by atoms with van der Waals surface area (Å²) in [5.74, 6) is -1.26. The number of ether oxygens (including phenoxy) is 1. The SMILES string of the molecule is CCO[n+]1cc([C@H]2C[C@H]3CSC(NC(=O)c4ccccc4)=N[C@@]3(c3ccc(F)cc3F)CO2)nn1C. The minimum atomic E-state index is -1.12. The molecular formula is C25H26F2N5O3S+. The van der Waals surface area contributed by atoms with Crippen molar-refractivity contribution in [2.24, 2.45) is 18.0 Å². The van der Waals surface area contributed by atoms with Crippen molar-refractivity contribution in [1.29, 1.82) is 0 Å². The first-order valence-corrected chi connectivity index (χ1v) is 12.6. The van der Waals surface area contributed by atoms with Crippen molar-refractivity contribution in [3.05, 3.63) is 83.2 Å². The van der Waals surface area contributed by atoms with Crippen LogP contribution in [0.4, 0.5) is 8.78 Å². The predicted molar refractivity (Wildman–Crippen MR) is 129 cm³/mol. The summed E-state index contributed by atoms with van der Waals surface area (Å²) in [6.07, 6.45) is 1.93. The highest BCUT2D eigenvalue weighted by atomic mass is 32.2. The second-order valence-electron chi connectivity index (χ2n) is 8.69. The van der Waals surface area contributed by atoms with Gasteiger partial charge in [0.2, 0.25) is 6.20 Å². The normalized spacial score (nSPS) is 23.5. The molecule has 3 heterocycles. The van der Waals surface area contributed by atoms with Crippen LogP contribution in [0.25, 0.3) is 0 Å². The van der Waals surface area contributed by atoms with E-state index in [2.05, 4.69) is 10.4 Å². The highest BCUT2D eigenvalue weighted by Crippen LogP contribution is 2.49. The largest absolute Gasteiger partial charge is 0.366 e. The molecule has 3 atom stereocenters. The van der Waals surface area contributed by atoms with Gasteiger partial charge in [-0.15, -0.1) is 0 Å². The van der Waals surface area contributed by atoms with Gasteiger partial charge in [0.25, 0.3) is 11.6 Å². The lowest BCUT2D eigenvalue weighted by molar-refractivity contribution is -0.952. The number of thioether (sulfide) groups is 1. The summed E-state index contributed by atoms with van der Waals surface area (Å²) in [4.78, 5) is 26.3. The Balaban J connectivity index is 1.47. The fraction of sp³-hybridized carbons (Fsp3) is 0.360. The van der Waals surface area contributed by atoms with Gasteiger partial charge in [0.1, 0.15) is 29.9 Å². The minimum absolute atomic E-state index is 0.0430. The number of amidine groups is 1. The smallest absolute Gasteiger partial charge is 0.257 e. The number of nitrogens with zero attached hydrogens (tertiary/aromatic N) is 4. The molecule has 1 aromatic heterocycles. The zero-order valence-corrected chi connectivity index (χ0v) is 20.7. The number of aliphatic imine (C=N–C) groups is 1. The Hall–Kier alpha value is -3.31. The molecule has 1 fully saturated rings. The van der Waals surface area contributed by atoms with Crippen LogP contribution in [0.1, 0.15) is 41.1 Å². The van der Waals surface area contributed by atoms with E-state index >= 15 is 4.39 Å². The highest BCUT2D eigenvalue weighted by Gasteiger charge is 2.51. The van der Waals surface area contributed by atoms with Gasteiger partial charge >= 0.3 is 0 Å². The fourth-order valence-corrected chi connectivity index (χ4v) is 5.81. The number of amides is 1. The molecule has 11 heteroatoms. The summed E-state index contributed by atoms with van der Waals surface area (Å²) in [5, 5.41) is 7.73. The molecule has 188 valence electrons. The van der Waals surface area contributed by atoms with Crippen molar-refractivity contribution < 1.29 is 28.0 Å². The summed E-state index contributed by atoms with van der Waals surface area (Å²) in [7, 11) is 1.77. The maximum atomic E-state index is 15.1. The zero-order chi connectivity index (χ0) is 25.3. The van der Waals surface area contributed by atoms with E-state index in [0.29, 0.717) is 35.2 Å². The van der Waals surface area contributed by atoms with Crippen LogP contribution in [-0.2, 0) is 17.3 Å². The lowest BCUT2D eigenvalue weighted by Crippen LogP contribution is -2.50. The van der Waals surface area contributed by atoms with E-state index in [1.807, 2.05) is 13.0 Å². The summed E-state index contributed by atoms with van der Waals surface area (Å²) >= 11 is 1.40. The van der Waals surface area contributed by atoms with Gasteiger partial charge in [0.05, 0.1) is 13.7 Å². The van der Waals surface area contributed by atoms with Gasteiger partial charge in [-0.05, 0) is 36.3 Å². The second-order valence-corrected chi connectivity index (χ2v) is 9.70. The topological polar surface area (TPSA) is 81.6 Å². The molecule has 1 N–H and O–H groups in total. The number of benzene rings is 2. The Morgan fingerprint density at radius 1 is 1.31 bits per heavy atom. The average molecular weight is 515 g/mol. The quantitative estimate of drug-likeness (QED) is 0.530. The van der Waals surface area contributed by atoms with E-state index < -0.39 is 17.2 Å². The third-order valence-electron chi connectivity index (χ3n) is 6.43. The van der Waals surface area contributed by atoms with Gasteiger partial charge in [-0.2, -0.15) is 0 Å². The molecule has 0 spiro atoms. The van der Waals surface area contributed by atoms with E-state index in [1.54, 1.807) is 42.3 Å². The Morgan fingerprint density at radius 2 is 2.11 bits per heavy atom. The Kier molecular flexibility index (Phi) is 6.76. The maximum absolute atomic E-state index is 15.1. The molecule has 1 amide bonds. The first kappa shape index (κ1) is 24.4. The number of hydrogen-bond donors (Lipinski definition) is 1. The molecule has 1 saturated heterocycles. The van der Waals surface area contributed by atoms with Crippen LogP contribution in [0.3, 0.4) is 0 Å². The van der Waals surface area contributed by atoms with Crippen molar-refractivity contribution in [1.82, 2.24) is 15.2 Å². The summed E-state index contributed by atoms with van der Waals surface area (Å²) in [6, 6.07) is 12.3. The van der Waals surface area contributed by atoms with Crippen LogP contribution < -0.4 is 15.0 Å². The first-order valence-electron chi connectivity index (χ1n) is 11.6. The predicted octanol–water partition coefficient (Wildman–Crippen LogP) is 2.94. The number of carbonyl (C=O) groups is 1. The summed E-state index contributed by atoms with van der Waals surface area (Å²) in [5.41, 5.74) is 0.298. The molecule has 2 aliphatic rings. The molecule has 0 radical (unpaired) electrons. The molecule has 5 rings (SSSR count). The van der Waals surface area contributed by atoms with Crippen molar-refractivity contribution >= 4 is 22.8 Å². The third-order valence-corrected chi connectivity index (χ3v) is 7.47. The number of nitrogens with one attached hydrogen (secondary N) is 1. The number of halogens is 2. The van der Waals surface area contributed by atoms with Gasteiger partial charge in [-0.3, -0.25) is 4.79 Å². The number of aromatic nitrogens is 3. The summed E-state index contributed by atoms with van der Waals surface area (Å²) in [6.45, 7) is 2.41. The maximum Gasteiger partial charge on any atom is 0.257 e. The van der Waals surface area contributed by atoms with Crippen LogP contribution >= 0.6 is 11.8 Å². The molecule has 2 aromatic carbocycles. The molecule has 0 bridgehead atoms. The Bertz CT molecular complexity index is 1300. The number of hydrogen-bond acceptors (Lipinski definition) is 6. The van der Waals surface area contributed by atoms with Gasteiger partial charge in [0.15, 0.2) is 5.17 Å². The lowest BCUT2D eigenvalue weighted by atomic mass is 9.74. The van der Waals surface area contributed by atoms with Crippen LogP contribution in [-0.4, -0.2) is 39.9 Å². The van der Waals surface area contributed by atoms with Gasteiger partial charge in [-0.1, -0.05) is 36.0 Å². The highest BCUT2D eigenvalue weighted by molar-refractivity contribution is 8.13. The molecule has 0 aliphatic carbocycles. The molecule has 36 heavy (non-hydrogen) atoms. The van der Waals surface area contributed by atoms with Crippen molar-refractivity contribution in [3.8, 4) is 0 Å². The van der Waals surface area contributed by atoms with E-state index in [9.17, 15) is 9.18 Å². The zero-order valence-electron chi connectivity index (χ0n) is 19.9. The summed E-state index contributed by atoms with van der Waals surface area (Å²) < 4.78 is 35.1. The number of carbonyl (C=O) groups excluding carboxylic acids is 1. The fourth-order valence-electron chi connectivity index (χ4n) is 4.65. The molecule has 8 nitrogen and oxygen atoms in total. The Morgan fingerprint density at radius 3 is 2.86 bits per heavy atom. The van der Waals surface area contributed by atoms with E-state index in [0.717, 1.165) is 6.07 Å². The first-order chi connectivity index (χ1) is 17.4. The Labute approximate surface area is 211 Å². The van der Waals surface area contributed by atoms with Gasteiger partial charge in [0, 0.05) is 38.8 Å². The van der Waals surface area contributed by atoms with Crippen molar-refractivity contribution in [2.45, 2.75) is 25.0 Å². The molecule has 2 aliphatic heterocycles. The van der Waals surface area contributed by atoms with Crippen molar-refractivity contribution in [3.63, 3.8) is 0 Å². The van der Waals surface area contributed by atoms with E-state index in [1.165, 1.54) is 28.7 Å². The number of aryl methyl sites for hydroxylation is 1. The van der Waals surface area contributed by atoms with Crippen LogP contribution in [0.2, 0.25) is 0 Å². The monoisotopic (exact) mass is 514 g/mol. The van der Waals surface area contributed by atoms with Crippen LogP contribution in [0.5, 0.6) is 0 Å². The lowest BCUT2D eigenvalue weighted by Gasteiger charge is -2.45. The standard InChI is InChI=1S/C25H25F2N5O3S/c1-3-35-32-13-21(30-31(32)2)22-11-17-14-36-24(28-23(33)16-7-5-4-6-8-16)29-25(17,15-34-22)19-10-9-18(26)12-20(19)27/h4-10,12-13,17,22H,3,11,14-15H2,1-2H3/p+1/t17-,22+,25-/m0/s1. The van der Waals surface area contributed by atoms with E-state index in [4.69, 9.17) is 14.6 Å². The van der Waals surface area contributed by atoms with Crippen LogP contribution in [0, 0.1) is 17.6 Å². The molecule has 0 saturated carbocycles.